The van der Waals surface area contributed by atoms with Crippen LogP contribution in [0, 0.1) is 5.82 Å². The van der Waals surface area contributed by atoms with Gasteiger partial charge in [-0.05, 0) is 68.2 Å². The summed E-state index contributed by atoms with van der Waals surface area (Å²) in [6.45, 7) is 5.02. The molecule has 2 aromatic heterocycles. The van der Waals surface area contributed by atoms with Crippen molar-refractivity contribution >= 4 is 40.2 Å². The summed E-state index contributed by atoms with van der Waals surface area (Å²) in [7, 11) is 0. The molecule has 204 valence electrons. The minimum Gasteiger partial charge on any atom is -0.395 e. The number of aromatic amines is 1. The van der Waals surface area contributed by atoms with Crippen LogP contribution in [0.3, 0.4) is 0 Å². The van der Waals surface area contributed by atoms with Crippen LogP contribution < -0.4 is 10.6 Å². The molecule has 0 aliphatic rings. The van der Waals surface area contributed by atoms with Crippen LogP contribution in [0.5, 0.6) is 0 Å². The molecule has 4 rings (SSSR count). The number of aromatic nitrogens is 4. The summed E-state index contributed by atoms with van der Waals surface area (Å²) in [6.07, 6.45) is 9.04. The van der Waals surface area contributed by atoms with Crippen LogP contribution in [-0.2, 0) is 11.2 Å². The largest absolute Gasteiger partial charge is 0.395 e. The highest BCUT2D eigenvalue weighted by molar-refractivity contribution is 5.93. The molecule has 0 aliphatic carbocycles. The number of likely N-dealkylation sites (N-methyl/N-ethyl adjacent to an activating group) is 1. The number of benzene rings is 2. The molecule has 0 fully saturated rings. The maximum Gasteiger partial charge on any atom is 0.230 e. The third-order valence-electron chi connectivity index (χ3n) is 6.27. The Labute approximate surface area is 227 Å². The Hall–Kier alpha value is -4.15. The van der Waals surface area contributed by atoms with Crippen LogP contribution in [0.25, 0.3) is 17.0 Å². The number of nitrogens with zero attached hydrogens (tertiary/aromatic N) is 4. The summed E-state index contributed by atoms with van der Waals surface area (Å²) in [5.74, 6) is 0.439. The van der Waals surface area contributed by atoms with Gasteiger partial charge in [-0.15, -0.1) is 0 Å². The first-order valence-electron chi connectivity index (χ1n) is 13.2. The predicted molar refractivity (Wildman–Crippen MR) is 152 cm³/mol. The van der Waals surface area contributed by atoms with Crippen molar-refractivity contribution in [2.24, 2.45) is 0 Å². The third-order valence-corrected chi connectivity index (χ3v) is 6.27. The van der Waals surface area contributed by atoms with E-state index in [4.69, 9.17) is 5.11 Å². The van der Waals surface area contributed by atoms with Crippen LogP contribution in [0.4, 0.5) is 21.7 Å². The topological polar surface area (TPSA) is 119 Å². The Balaban J connectivity index is 1.31. The zero-order valence-corrected chi connectivity index (χ0v) is 22.0. The number of rotatable bonds is 14. The minimum absolute atomic E-state index is 0.0604. The molecule has 0 radical (unpaired) electrons. The first kappa shape index (κ1) is 27.9. The second-order valence-electron chi connectivity index (χ2n) is 9.19. The van der Waals surface area contributed by atoms with Gasteiger partial charge in [0.15, 0.2) is 5.82 Å². The molecule has 2 heterocycles. The zero-order chi connectivity index (χ0) is 27.5. The maximum atomic E-state index is 13.3. The molecule has 0 unspecified atom stereocenters. The summed E-state index contributed by atoms with van der Waals surface area (Å²) >= 11 is 0. The lowest BCUT2D eigenvalue weighted by Crippen LogP contribution is -2.27. The Morgan fingerprint density at radius 2 is 2.03 bits per heavy atom. The molecule has 0 saturated carbocycles. The Morgan fingerprint density at radius 3 is 2.85 bits per heavy atom. The number of fused-ring (bicyclic) bond motifs is 1. The number of nitrogens with one attached hydrogen (secondary N) is 3. The number of allylic oxidation sites excluding steroid dienone is 1. The van der Waals surface area contributed by atoms with Crippen LogP contribution in [-0.4, -0.2) is 62.3 Å². The molecule has 10 heteroatoms. The Kier molecular flexibility index (Phi) is 10.1. The number of hydrogen-bond donors (Lipinski definition) is 4. The molecule has 0 bridgehead atoms. The van der Waals surface area contributed by atoms with Crippen LogP contribution in [0.15, 0.2) is 60.9 Å². The number of unbranched alkanes of at least 4 members (excludes halogenated alkanes) is 2. The van der Waals surface area contributed by atoms with Crippen molar-refractivity contribution < 1.29 is 14.3 Å². The normalized spacial score (nSPS) is 11.5. The van der Waals surface area contributed by atoms with E-state index in [0.29, 0.717) is 23.0 Å². The Bertz CT molecular complexity index is 1410. The van der Waals surface area contributed by atoms with Crippen molar-refractivity contribution in [2.75, 3.05) is 36.9 Å². The van der Waals surface area contributed by atoms with Crippen molar-refractivity contribution in [3.8, 4) is 0 Å². The fraction of sp³-hybridized carbons (Fsp3) is 0.310. The minimum atomic E-state index is -0.411. The van der Waals surface area contributed by atoms with Gasteiger partial charge in [0.05, 0.1) is 18.5 Å². The number of carbonyl (C=O) groups excluding carboxylic acids is 1. The summed E-state index contributed by atoms with van der Waals surface area (Å²) in [6, 6.07) is 13.5. The van der Waals surface area contributed by atoms with E-state index < -0.39 is 5.82 Å². The van der Waals surface area contributed by atoms with Crippen molar-refractivity contribution in [3.05, 3.63) is 78.0 Å². The SMILES string of the molecule is CCN(CCO)CCCC/C=C/c1ccc2c(Nc3cc(CC(=O)Nc4cccc(F)c4)[nH]n3)ncnc2c1. The highest BCUT2D eigenvalue weighted by Gasteiger charge is 2.10. The van der Waals surface area contributed by atoms with Gasteiger partial charge in [0.25, 0.3) is 0 Å². The summed E-state index contributed by atoms with van der Waals surface area (Å²) in [4.78, 5) is 23.4. The number of hydrogen-bond acceptors (Lipinski definition) is 7. The van der Waals surface area contributed by atoms with Crippen molar-refractivity contribution in [3.63, 3.8) is 0 Å². The highest BCUT2D eigenvalue weighted by atomic mass is 19.1. The molecule has 4 N–H and O–H groups in total. The third kappa shape index (κ3) is 8.42. The predicted octanol–water partition coefficient (Wildman–Crippen LogP) is 4.91. The second kappa shape index (κ2) is 14.1. The fourth-order valence-corrected chi connectivity index (χ4v) is 4.25. The number of aliphatic hydroxyl groups excluding tert-OH is 1. The second-order valence-corrected chi connectivity index (χ2v) is 9.19. The number of amides is 1. The number of halogens is 1. The molecule has 0 saturated heterocycles. The molecule has 2 aromatic carbocycles. The van der Waals surface area contributed by atoms with E-state index in [2.05, 4.69) is 54.8 Å². The van der Waals surface area contributed by atoms with Crippen LogP contribution in [0.1, 0.15) is 37.4 Å². The molecule has 4 aromatic rings. The number of H-pyrrole nitrogens is 1. The summed E-state index contributed by atoms with van der Waals surface area (Å²) in [5.41, 5.74) is 2.88. The lowest BCUT2D eigenvalue weighted by atomic mass is 10.1. The van der Waals surface area contributed by atoms with Gasteiger partial charge < -0.3 is 20.6 Å². The van der Waals surface area contributed by atoms with Crippen LogP contribution in [0.2, 0.25) is 0 Å². The smallest absolute Gasteiger partial charge is 0.230 e. The summed E-state index contributed by atoms with van der Waals surface area (Å²) < 4.78 is 13.3. The first-order valence-corrected chi connectivity index (χ1v) is 13.2. The number of anilines is 3. The van der Waals surface area contributed by atoms with Gasteiger partial charge in [0.1, 0.15) is 18.0 Å². The summed E-state index contributed by atoms with van der Waals surface area (Å²) in [5, 5.41) is 22.9. The van der Waals surface area contributed by atoms with Gasteiger partial charge in [-0.1, -0.05) is 31.2 Å². The number of aliphatic hydroxyl groups is 1. The van der Waals surface area contributed by atoms with Crippen molar-refractivity contribution in [1.82, 2.24) is 25.1 Å². The average Bonchev–Trinajstić information content (AvgIpc) is 3.36. The van der Waals surface area contributed by atoms with Crippen molar-refractivity contribution in [2.45, 2.75) is 32.6 Å². The van der Waals surface area contributed by atoms with E-state index in [9.17, 15) is 9.18 Å². The monoisotopic (exact) mass is 531 g/mol. The van der Waals surface area contributed by atoms with E-state index >= 15 is 0 Å². The van der Waals surface area contributed by atoms with Gasteiger partial charge in [-0.3, -0.25) is 9.89 Å². The van der Waals surface area contributed by atoms with E-state index in [1.54, 1.807) is 18.2 Å². The van der Waals surface area contributed by atoms with Crippen LogP contribution >= 0.6 is 0 Å². The molecule has 1 amide bonds. The first-order chi connectivity index (χ1) is 19.0. The van der Waals surface area contributed by atoms with E-state index in [1.807, 2.05) is 18.2 Å². The molecule has 0 atom stereocenters. The molecular weight excluding hydrogens is 497 g/mol. The average molecular weight is 532 g/mol. The quantitative estimate of drug-likeness (QED) is 0.171. The van der Waals surface area contributed by atoms with E-state index in [-0.39, 0.29) is 18.9 Å². The molecule has 39 heavy (non-hydrogen) atoms. The van der Waals surface area contributed by atoms with Crippen molar-refractivity contribution in [1.29, 1.82) is 0 Å². The lowest BCUT2D eigenvalue weighted by molar-refractivity contribution is -0.115. The zero-order valence-electron chi connectivity index (χ0n) is 22.0. The number of carbonyl (C=O) groups is 1. The molecule has 0 aliphatic heterocycles. The van der Waals surface area contributed by atoms with Gasteiger partial charge in [-0.2, -0.15) is 5.10 Å². The van der Waals surface area contributed by atoms with Gasteiger partial charge in [0.2, 0.25) is 5.91 Å². The maximum absolute atomic E-state index is 13.3. The van der Waals surface area contributed by atoms with E-state index in [0.717, 1.165) is 55.4 Å². The molecule has 9 nitrogen and oxygen atoms in total. The van der Waals surface area contributed by atoms with Gasteiger partial charge in [0, 0.05) is 29.4 Å². The molecule has 0 spiro atoms. The highest BCUT2D eigenvalue weighted by Crippen LogP contribution is 2.24. The van der Waals surface area contributed by atoms with Gasteiger partial charge >= 0.3 is 0 Å². The van der Waals surface area contributed by atoms with Gasteiger partial charge in [-0.25, -0.2) is 14.4 Å². The molecular formula is C29H34FN7O2. The lowest BCUT2D eigenvalue weighted by Gasteiger charge is -2.18. The van der Waals surface area contributed by atoms with E-state index in [1.165, 1.54) is 18.5 Å². The standard InChI is InChI=1S/C29H34FN7O2/c1-2-37(14-15-38)13-6-4-3-5-8-21-11-12-25-26(16-21)31-20-32-29(25)34-27-18-24(35-36-27)19-28(39)33-23-10-7-9-22(30)17-23/h5,7-12,16-18,20,38H,2-4,6,13-15,19H2,1H3,(H,33,39)(H2,31,32,34,35,36)/b8-5+. The Morgan fingerprint density at radius 1 is 1.13 bits per heavy atom. The fourth-order valence-electron chi connectivity index (χ4n) is 4.25.